The smallest absolute Gasteiger partial charge is 0.186 e. The van der Waals surface area contributed by atoms with Crippen LogP contribution in [0.3, 0.4) is 0 Å². The maximum absolute atomic E-state index is 12.4. The number of allylic oxidation sites excluding steroid dienone is 1. The highest BCUT2D eigenvalue weighted by Crippen LogP contribution is 2.27. The first-order valence-electron chi connectivity index (χ1n) is 6.70. The van der Waals surface area contributed by atoms with E-state index >= 15 is 0 Å². The molecule has 2 heteroatoms. The average molecular weight is 337 g/mol. The summed E-state index contributed by atoms with van der Waals surface area (Å²) in [5, 5.41) is 2.02. The lowest BCUT2D eigenvalue weighted by molar-refractivity contribution is 0.104. The maximum Gasteiger partial charge on any atom is 0.186 e. The van der Waals surface area contributed by atoms with Crippen molar-refractivity contribution < 1.29 is 4.79 Å². The number of ketones is 1. The van der Waals surface area contributed by atoms with Crippen molar-refractivity contribution in [1.29, 1.82) is 0 Å². The van der Waals surface area contributed by atoms with Gasteiger partial charge >= 0.3 is 0 Å². The molecule has 3 rings (SSSR count). The van der Waals surface area contributed by atoms with Gasteiger partial charge in [0.2, 0.25) is 0 Å². The van der Waals surface area contributed by atoms with E-state index in [9.17, 15) is 4.79 Å². The standard InChI is InChI=1S/C19H13BrO/c20-18-12-11-17(15-8-4-5-9-16(15)18)19(21)13-10-14-6-2-1-3-7-14/h1-13H/b13-10-. The van der Waals surface area contributed by atoms with Crippen LogP contribution in [0.25, 0.3) is 16.8 Å². The van der Waals surface area contributed by atoms with Crippen molar-refractivity contribution in [2.75, 3.05) is 0 Å². The minimum Gasteiger partial charge on any atom is -0.289 e. The highest BCUT2D eigenvalue weighted by atomic mass is 79.9. The summed E-state index contributed by atoms with van der Waals surface area (Å²) < 4.78 is 1.00. The van der Waals surface area contributed by atoms with E-state index in [1.165, 1.54) is 0 Å². The largest absolute Gasteiger partial charge is 0.289 e. The van der Waals surface area contributed by atoms with Crippen molar-refractivity contribution in [3.05, 3.63) is 88.4 Å². The molecule has 0 amide bonds. The molecule has 102 valence electrons. The van der Waals surface area contributed by atoms with Crippen LogP contribution in [0.5, 0.6) is 0 Å². The van der Waals surface area contributed by atoms with Crippen LogP contribution in [0.1, 0.15) is 15.9 Å². The molecule has 0 heterocycles. The van der Waals surface area contributed by atoms with Crippen molar-refractivity contribution in [3.8, 4) is 0 Å². The molecule has 3 aromatic rings. The Hall–Kier alpha value is -2.19. The Morgan fingerprint density at radius 3 is 2.24 bits per heavy atom. The zero-order valence-electron chi connectivity index (χ0n) is 11.3. The van der Waals surface area contributed by atoms with Crippen molar-refractivity contribution in [2.24, 2.45) is 0 Å². The summed E-state index contributed by atoms with van der Waals surface area (Å²) in [7, 11) is 0. The van der Waals surface area contributed by atoms with Gasteiger partial charge in [0.25, 0.3) is 0 Å². The lowest BCUT2D eigenvalue weighted by Gasteiger charge is -2.05. The first kappa shape index (κ1) is 13.8. The Bertz CT molecular complexity index is 819. The fourth-order valence-corrected chi connectivity index (χ4v) is 2.78. The molecule has 0 atom stereocenters. The van der Waals surface area contributed by atoms with Gasteiger partial charge in [0.15, 0.2) is 5.78 Å². The number of carbonyl (C=O) groups excluding carboxylic acids is 1. The molecule has 0 aliphatic rings. The van der Waals surface area contributed by atoms with Gasteiger partial charge in [-0.2, -0.15) is 0 Å². The van der Waals surface area contributed by atoms with Gasteiger partial charge in [0.1, 0.15) is 0 Å². The molecule has 0 fully saturated rings. The van der Waals surface area contributed by atoms with Gasteiger partial charge in [-0.25, -0.2) is 0 Å². The van der Waals surface area contributed by atoms with E-state index in [1.807, 2.05) is 72.8 Å². The second-order valence-electron chi connectivity index (χ2n) is 4.75. The van der Waals surface area contributed by atoms with Crippen LogP contribution >= 0.6 is 15.9 Å². The molecule has 3 aromatic carbocycles. The van der Waals surface area contributed by atoms with E-state index < -0.39 is 0 Å². The van der Waals surface area contributed by atoms with Gasteiger partial charge in [-0.1, -0.05) is 76.6 Å². The Morgan fingerprint density at radius 2 is 1.48 bits per heavy atom. The van der Waals surface area contributed by atoms with Gasteiger partial charge in [-0.05, 0) is 34.5 Å². The average Bonchev–Trinajstić information content (AvgIpc) is 2.54. The van der Waals surface area contributed by atoms with Crippen LogP contribution in [0.15, 0.2) is 77.3 Å². The molecular formula is C19H13BrO. The minimum atomic E-state index is 0.0163. The molecule has 0 aliphatic heterocycles. The number of benzene rings is 3. The van der Waals surface area contributed by atoms with Gasteiger partial charge in [0, 0.05) is 10.0 Å². The molecule has 0 N–H and O–H groups in total. The number of hydrogen-bond donors (Lipinski definition) is 0. The molecule has 0 saturated heterocycles. The van der Waals surface area contributed by atoms with Crippen molar-refractivity contribution >= 4 is 38.6 Å². The van der Waals surface area contributed by atoms with Gasteiger partial charge < -0.3 is 0 Å². The summed E-state index contributed by atoms with van der Waals surface area (Å²) in [6.07, 6.45) is 3.48. The zero-order valence-corrected chi connectivity index (χ0v) is 12.9. The summed E-state index contributed by atoms with van der Waals surface area (Å²) in [6.45, 7) is 0. The van der Waals surface area contributed by atoms with Crippen LogP contribution < -0.4 is 0 Å². The van der Waals surface area contributed by atoms with E-state index in [2.05, 4.69) is 15.9 Å². The number of hydrogen-bond acceptors (Lipinski definition) is 1. The molecular weight excluding hydrogens is 324 g/mol. The Kier molecular flexibility index (Phi) is 3.98. The molecule has 1 nitrogen and oxygen atoms in total. The minimum absolute atomic E-state index is 0.0163. The van der Waals surface area contributed by atoms with Crippen LogP contribution in [0.2, 0.25) is 0 Å². The summed E-state index contributed by atoms with van der Waals surface area (Å²) >= 11 is 3.53. The molecule has 0 bridgehead atoms. The zero-order chi connectivity index (χ0) is 14.7. The third-order valence-corrected chi connectivity index (χ3v) is 4.05. The van der Waals surface area contributed by atoms with E-state index in [1.54, 1.807) is 6.08 Å². The topological polar surface area (TPSA) is 17.1 Å². The SMILES string of the molecule is O=C(/C=C\c1ccccc1)c1ccc(Br)c2ccccc12. The Labute approximate surface area is 132 Å². The highest BCUT2D eigenvalue weighted by molar-refractivity contribution is 9.10. The number of carbonyl (C=O) groups is 1. The summed E-state index contributed by atoms with van der Waals surface area (Å²) in [4.78, 5) is 12.4. The molecule has 21 heavy (non-hydrogen) atoms. The fourth-order valence-electron chi connectivity index (χ4n) is 2.30. The summed E-state index contributed by atoms with van der Waals surface area (Å²) in [6, 6.07) is 21.5. The van der Waals surface area contributed by atoms with Gasteiger partial charge in [-0.15, -0.1) is 0 Å². The molecule has 0 aliphatic carbocycles. The molecule has 0 saturated carbocycles. The van der Waals surface area contributed by atoms with Crippen LogP contribution in [0, 0.1) is 0 Å². The normalized spacial score (nSPS) is 11.1. The Morgan fingerprint density at radius 1 is 0.810 bits per heavy atom. The number of halogens is 1. The van der Waals surface area contributed by atoms with Crippen LogP contribution in [0.4, 0.5) is 0 Å². The first-order chi connectivity index (χ1) is 10.3. The molecule has 0 unspecified atom stereocenters. The second kappa shape index (κ2) is 6.06. The molecule has 0 spiro atoms. The lowest BCUT2D eigenvalue weighted by Crippen LogP contribution is -1.96. The number of rotatable bonds is 3. The quantitative estimate of drug-likeness (QED) is 0.456. The molecule has 0 radical (unpaired) electrons. The fraction of sp³-hybridized carbons (Fsp3) is 0. The predicted octanol–water partition coefficient (Wildman–Crippen LogP) is 5.50. The van der Waals surface area contributed by atoms with E-state index in [4.69, 9.17) is 0 Å². The monoisotopic (exact) mass is 336 g/mol. The lowest BCUT2D eigenvalue weighted by atomic mass is 10.0. The Balaban J connectivity index is 1.99. The second-order valence-corrected chi connectivity index (χ2v) is 5.60. The highest BCUT2D eigenvalue weighted by Gasteiger charge is 2.08. The van der Waals surface area contributed by atoms with E-state index in [-0.39, 0.29) is 5.78 Å². The first-order valence-corrected chi connectivity index (χ1v) is 7.50. The van der Waals surface area contributed by atoms with E-state index in [0.29, 0.717) is 0 Å². The van der Waals surface area contributed by atoms with Crippen molar-refractivity contribution in [1.82, 2.24) is 0 Å². The van der Waals surface area contributed by atoms with Gasteiger partial charge in [0.05, 0.1) is 0 Å². The van der Waals surface area contributed by atoms with Crippen molar-refractivity contribution in [3.63, 3.8) is 0 Å². The third kappa shape index (κ3) is 2.96. The van der Waals surface area contributed by atoms with E-state index in [0.717, 1.165) is 26.4 Å². The third-order valence-electron chi connectivity index (χ3n) is 3.36. The summed E-state index contributed by atoms with van der Waals surface area (Å²) in [5.74, 6) is 0.0163. The summed E-state index contributed by atoms with van der Waals surface area (Å²) in [5.41, 5.74) is 1.74. The molecule has 0 aromatic heterocycles. The van der Waals surface area contributed by atoms with Crippen LogP contribution in [-0.4, -0.2) is 5.78 Å². The van der Waals surface area contributed by atoms with Gasteiger partial charge in [-0.3, -0.25) is 4.79 Å². The van der Waals surface area contributed by atoms with Crippen molar-refractivity contribution in [2.45, 2.75) is 0 Å². The number of fused-ring (bicyclic) bond motifs is 1. The maximum atomic E-state index is 12.4. The van der Waals surface area contributed by atoms with Crippen LogP contribution in [-0.2, 0) is 0 Å². The predicted molar refractivity (Wildman–Crippen MR) is 91.5 cm³/mol.